The molecular formula is C12H18F3NOS. The Balaban J connectivity index is 2.25. The smallest absolute Gasteiger partial charge is 0.372 e. The number of likely N-dealkylation sites (N-methyl/N-ethyl adjacent to an activating group) is 1. The van der Waals surface area contributed by atoms with E-state index in [-0.39, 0.29) is 12.6 Å². The van der Waals surface area contributed by atoms with E-state index in [0.717, 1.165) is 13.0 Å². The summed E-state index contributed by atoms with van der Waals surface area (Å²) < 4.78 is 40.3. The van der Waals surface area contributed by atoms with E-state index in [9.17, 15) is 13.2 Å². The minimum atomic E-state index is -4.23. The van der Waals surface area contributed by atoms with Crippen LogP contribution in [0.25, 0.3) is 0 Å². The average molecular weight is 281 g/mol. The topological polar surface area (TPSA) is 21.3 Å². The fourth-order valence-corrected chi connectivity index (χ4v) is 2.44. The highest BCUT2D eigenvalue weighted by Gasteiger charge is 2.27. The molecule has 0 spiro atoms. The Hall–Kier alpha value is -0.590. The lowest BCUT2D eigenvalue weighted by Gasteiger charge is -2.17. The van der Waals surface area contributed by atoms with Gasteiger partial charge in [-0.05, 0) is 30.8 Å². The number of hydrogen-bond donors (Lipinski definition) is 1. The molecule has 0 saturated carbocycles. The number of halogens is 3. The van der Waals surface area contributed by atoms with E-state index in [2.05, 4.69) is 10.1 Å². The zero-order valence-corrected chi connectivity index (χ0v) is 11.1. The highest BCUT2D eigenvalue weighted by Crippen LogP contribution is 2.15. The largest absolute Gasteiger partial charge is 0.411 e. The first-order valence-electron chi connectivity index (χ1n) is 5.91. The zero-order chi connectivity index (χ0) is 13.4. The van der Waals surface area contributed by atoms with Crippen molar-refractivity contribution in [1.82, 2.24) is 5.32 Å². The molecule has 0 aliphatic heterocycles. The van der Waals surface area contributed by atoms with Gasteiger partial charge in [0.05, 0.1) is 0 Å². The molecule has 1 unspecified atom stereocenters. The Labute approximate surface area is 109 Å². The number of nitrogens with one attached hydrogen (secondary N) is 1. The Morgan fingerprint density at radius 3 is 2.78 bits per heavy atom. The van der Waals surface area contributed by atoms with E-state index in [4.69, 9.17) is 0 Å². The van der Waals surface area contributed by atoms with Crippen molar-refractivity contribution < 1.29 is 17.9 Å². The molecule has 0 fully saturated rings. The van der Waals surface area contributed by atoms with Gasteiger partial charge in [0, 0.05) is 17.5 Å². The fourth-order valence-electron chi connectivity index (χ4n) is 1.65. The van der Waals surface area contributed by atoms with Crippen molar-refractivity contribution in [3.63, 3.8) is 0 Å². The van der Waals surface area contributed by atoms with E-state index in [1.807, 2.05) is 24.4 Å². The Kier molecular flexibility index (Phi) is 6.67. The molecule has 1 atom stereocenters. The van der Waals surface area contributed by atoms with Crippen molar-refractivity contribution in [1.29, 1.82) is 0 Å². The maximum absolute atomic E-state index is 11.9. The van der Waals surface area contributed by atoms with Crippen LogP contribution in [0, 0.1) is 0 Å². The Bertz CT molecular complexity index is 314. The lowest BCUT2D eigenvalue weighted by Crippen LogP contribution is -2.32. The summed E-state index contributed by atoms with van der Waals surface area (Å²) in [4.78, 5) is 1.23. The van der Waals surface area contributed by atoms with Crippen LogP contribution in [0.15, 0.2) is 17.5 Å². The van der Waals surface area contributed by atoms with Gasteiger partial charge in [-0.1, -0.05) is 13.0 Å². The minimum Gasteiger partial charge on any atom is -0.372 e. The summed E-state index contributed by atoms with van der Waals surface area (Å²) in [5.74, 6) is 0. The van der Waals surface area contributed by atoms with Gasteiger partial charge in [-0.15, -0.1) is 11.3 Å². The Morgan fingerprint density at radius 1 is 1.44 bits per heavy atom. The summed E-state index contributed by atoms with van der Waals surface area (Å²) in [6.07, 6.45) is -2.82. The third-order valence-electron chi connectivity index (χ3n) is 2.40. The molecule has 2 nitrogen and oxygen atoms in total. The maximum Gasteiger partial charge on any atom is 0.411 e. The van der Waals surface area contributed by atoms with Crippen LogP contribution in [-0.4, -0.2) is 32.0 Å². The first-order chi connectivity index (χ1) is 8.51. The normalized spacial score (nSPS) is 13.8. The van der Waals surface area contributed by atoms with E-state index >= 15 is 0 Å². The van der Waals surface area contributed by atoms with Crippen molar-refractivity contribution in [3.8, 4) is 0 Å². The molecule has 1 N–H and O–H groups in total. The summed E-state index contributed by atoms with van der Waals surface area (Å²) in [6, 6.07) is 4.18. The van der Waals surface area contributed by atoms with E-state index < -0.39 is 12.8 Å². The summed E-state index contributed by atoms with van der Waals surface area (Å²) in [6.45, 7) is 1.75. The fraction of sp³-hybridized carbons (Fsp3) is 0.667. The van der Waals surface area contributed by atoms with Crippen LogP contribution in [0.3, 0.4) is 0 Å². The number of rotatable bonds is 8. The first kappa shape index (κ1) is 15.5. The minimum absolute atomic E-state index is 0.128. The van der Waals surface area contributed by atoms with Gasteiger partial charge in [-0.3, -0.25) is 0 Å². The van der Waals surface area contributed by atoms with Gasteiger partial charge in [0.1, 0.15) is 6.61 Å². The van der Waals surface area contributed by atoms with E-state index in [1.54, 1.807) is 11.3 Å². The summed E-state index contributed by atoms with van der Waals surface area (Å²) in [5, 5.41) is 5.26. The predicted molar refractivity (Wildman–Crippen MR) is 67.0 cm³/mol. The first-order valence-corrected chi connectivity index (χ1v) is 6.79. The standard InChI is InChI=1S/C12H18F3NOS/c1-2-16-10(8-11-4-3-7-18-11)5-6-17-9-12(13,14)15/h3-4,7,10,16H,2,5-6,8-9H2,1H3. The quantitative estimate of drug-likeness (QED) is 0.739. The van der Waals surface area contributed by atoms with Crippen molar-refractivity contribution in [2.24, 2.45) is 0 Å². The third-order valence-corrected chi connectivity index (χ3v) is 3.30. The Morgan fingerprint density at radius 2 is 2.22 bits per heavy atom. The summed E-state index contributed by atoms with van der Waals surface area (Å²) >= 11 is 1.66. The molecule has 0 saturated heterocycles. The van der Waals surface area contributed by atoms with Crippen molar-refractivity contribution in [3.05, 3.63) is 22.4 Å². The number of ether oxygens (including phenoxy) is 1. The average Bonchev–Trinajstić information content (AvgIpc) is 2.76. The van der Waals surface area contributed by atoms with Crippen LogP contribution in [-0.2, 0) is 11.2 Å². The van der Waals surface area contributed by atoms with E-state index in [1.165, 1.54) is 4.88 Å². The van der Waals surface area contributed by atoms with Gasteiger partial charge < -0.3 is 10.1 Å². The van der Waals surface area contributed by atoms with Gasteiger partial charge in [0.15, 0.2) is 0 Å². The van der Waals surface area contributed by atoms with Gasteiger partial charge in [0.2, 0.25) is 0 Å². The van der Waals surface area contributed by atoms with Gasteiger partial charge in [-0.2, -0.15) is 13.2 Å². The molecule has 1 aromatic rings. The molecule has 0 bridgehead atoms. The summed E-state index contributed by atoms with van der Waals surface area (Å²) in [5.41, 5.74) is 0. The molecular weight excluding hydrogens is 263 g/mol. The van der Waals surface area contributed by atoms with Crippen LogP contribution in [0.4, 0.5) is 13.2 Å². The number of thiophene rings is 1. The summed E-state index contributed by atoms with van der Waals surface area (Å²) in [7, 11) is 0. The molecule has 0 aromatic carbocycles. The second-order valence-electron chi connectivity index (χ2n) is 3.99. The van der Waals surface area contributed by atoms with Crippen molar-refractivity contribution in [2.75, 3.05) is 19.8 Å². The predicted octanol–water partition coefficient (Wildman–Crippen LogP) is 3.24. The molecule has 1 rings (SSSR count). The highest BCUT2D eigenvalue weighted by molar-refractivity contribution is 7.09. The zero-order valence-electron chi connectivity index (χ0n) is 10.3. The van der Waals surface area contributed by atoms with Gasteiger partial charge in [0.25, 0.3) is 0 Å². The SMILES string of the molecule is CCNC(CCOCC(F)(F)F)Cc1cccs1. The molecule has 0 radical (unpaired) electrons. The van der Waals surface area contributed by atoms with Crippen LogP contribution >= 0.6 is 11.3 Å². The third kappa shape index (κ3) is 6.98. The molecule has 1 heterocycles. The highest BCUT2D eigenvalue weighted by atomic mass is 32.1. The van der Waals surface area contributed by atoms with E-state index in [0.29, 0.717) is 6.42 Å². The maximum atomic E-state index is 11.9. The van der Waals surface area contributed by atoms with Crippen LogP contribution in [0.2, 0.25) is 0 Å². The molecule has 0 aliphatic rings. The monoisotopic (exact) mass is 281 g/mol. The molecule has 0 amide bonds. The number of alkyl halides is 3. The lowest BCUT2D eigenvalue weighted by atomic mass is 10.1. The van der Waals surface area contributed by atoms with Crippen LogP contribution in [0.5, 0.6) is 0 Å². The second kappa shape index (κ2) is 7.76. The van der Waals surface area contributed by atoms with Crippen LogP contribution < -0.4 is 5.32 Å². The molecule has 104 valence electrons. The van der Waals surface area contributed by atoms with Gasteiger partial charge >= 0.3 is 6.18 Å². The second-order valence-corrected chi connectivity index (χ2v) is 5.03. The molecule has 1 aromatic heterocycles. The van der Waals surface area contributed by atoms with Crippen molar-refractivity contribution in [2.45, 2.75) is 32.0 Å². The van der Waals surface area contributed by atoms with Crippen molar-refractivity contribution >= 4 is 11.3 Å². The lowest BCUT2D eigenvalue weighted by molar-refractivity contribution is -0.174. The van der Waals surface area contributed by atoms with Crippen LogP contribution in [0.1, 0.15) is 18.2 Å². The molecule has 6 heteroatoms. The number of hydrogen-bond acceptors (Lipinski definition) is 3. The molecule has 18 heavy (non-hydrogen) atoms. The molecule has 0 aliphatic carbocycles. The van der Waals surface area contributed by atoms with Gasteiger partial charge in [-0.25, -0.2) is 0 Å².